The first-order valence-electron chi connectivity index (χ1n) is 11.1. The molecule has 0 radical (unpaired) electrons. The van der Waals surface area contributed by atoms with E-state index in [1.807, 2.05) is 0 Å². The molecule has 0 aliphatic carbocycles. The van der Waals surface area contributed by atoms with Gasteiger partial charge in [0.05, 0.1) is 33.1 Å². The van der Waals surface area contributed by atoms with E-state index >= 15 is 0 Å². The molecule has 5 aromatic carbocycles. The van der Waals surface area contributed by atoms with Gasteiger partial charge in [0.1, 0.15) is 0 Å². The molecule has 0 aliphatic heterocycles. The smallest absolute Gasteiger partial charge is 0.0703 e. The first-order chi connectivity index (χ1) is 15.9. The molecule has 3 aromatic heterocycles. The molecule has 2 nitrogen and oxygen atoms in total. The minimum atomic E-state index is 1.21. The van der Waals surface area contributed by atoms with Crippen molar-refractivity contribution in [1.82, 2.24) is 8.80 Å². The fourth-order valence-electron chi connectivity index (χ4n) is 5.81. The van der Waals surface area contributed by atoms with Crippen LogP contribution in [0.3, 0.4) is 0 Å². The van der Waals surface area contributed by atoms with Crippen LogP contribution in [0.25, 0.3) is 65.4 Å². The van der Waals surface area contributed by atoms with E-state index in [1.165, 1.54) is 65.4 Å². The lowest BCUT2D eigenvalue weighted by molar-refractivity contribution is 1.29. The summed E-state index contributed by atoms with van der Waals surface area (Å²) in [6.45, 7) is 0. The minimum absolute atomic E-state index is 1.21. The molecule has 2 heteroatoms. The van der Waals surface area contributed by atoms with E-state index in [4.69, 9.17) is 0 Å². The molecule has 0 bridgehead atoms. The number of hydrogen-bond donors (Lipinski definition) is 0. The van der Waals surface area contributed by atoms with Gasteiger partial charge in [0.15, 0.2) is 0 Å². The molecule has 8 aromatic rings. The molecule has 0 unspecified atom stereocenters. The van der Waals surface area contributed by atoms with Crippen molar-refractivity contribution in [2.45, 2.75) is 0 Å². The zero-order chi connectivity index (χ0) is 20.8. The van der Waals surface area contributed by atoms with Crippen LogP contribution in [-0.4, -0.2) is 8.80 Å². The zero-order valence-electron chi connectivity index (χ0n) is 17.3. The second kappa shape index (κ2) is 5.68. The topological polar surface area (TPSA) is 8.82 Å². The van der Waals surface area contributed by atoms with Gasteiger partial charge in [0, 0.05) is 32.3 Å². The Labute approximate surface area is 183 Å². The van der Waals surface area contributed by atoms with Crippen LogP contribution in [0.2, 0.25) is 0 Å². The van der Waals surface area contributed by atoms with E-state index in [0.717, 1.165) is 0 Å². The molecular weight excluding hydrogens is 388 g/mol. The number of fused-ring (bicyclic) bond motifs is 10. The Balaban J connectivity index is 1.92. The van der Waals surface area contributed by atoms with Crippen molar-refractivity contribution in [2.75, 3.05) is 0 Å². The van der Waals surface area contributed by atoms with Crippen LogP contribution in [0.5, 0.6) is 0 Å². The highest BCUT2D eigenvalue weighted by Gasteiger charge is 2.17. The Morgan fingerprint density at radius 1 is 0.281 bits per heavy atom. The summed E-state index contributed by atoms with van der Waals surface area (Å²) < 4.78 is 4.93. The second-order valence-electron chi connectivity index (χ2n) is 8.60. The van der Waals surface area contributed by atoms with Crippen molar-refractivity contribution in [3.63, 3.8) is 0 Å². The molecule has 8 rings (SSSR count). The average molecular weight is 406 g/mol. The number of para-hydroxylation sites is 6. The predicted octanol–water partition coefficient (Wildman–Crippen LogP) is 7.96. The summed E-state index contributed by atoms with van der Waals surface area (Å²) in [5, 5.41) is 7.75. The molecular formula is C30H18N2. The highest BCUT2D eigenvalue weighted by Crippen LogP contribution is 2.40. The molecule has 0 atom stereocenters. The maximum atomic E-state index is 2.46. The molecule has 0 saturated carbocycles. The van der Waals surface area contributed by atoms with E-state index in [-0.39, 0.29) is 0 Å². The summed E-state index contributed by atoms with van der Waals surface area (Å²) in [5.41, 5.74) is 7.48. The van der Waals surface area contributed by atoms with Gasteiger partial charge in [0.25, 0.3) is 0 Å². The van der Waals surface area contributed by atoms with Crippen molar-refractivity contribution in [1.29, 1.82) is 0 Å². The number of aromatic nitrogens is 2. The van der Waals surface area contributed by atoms with Crippen LogP contribution in [0.1, 0.15) is 0 Å². The van der Waals surface area contributed by atoms with Crippen molar-refractivity contribution >= 4 is 65.4 Å². The van der Waals surface area contributed by atoms with Gasteiger partial charge in [-0.15, -0.1) is 0 Å². The zero-order valence-corrected chi connectivity index (χ0v) is 17.3. The normalized spacial score (nSPS) is 12.4. The van der Waals surface area contributed by atoms with Gasteiger partial charge < -0.3 is 8.80 Å². The molecule has 148 valence electrons. The SMILES string of the molecule is c1ccc2c(c1)c1cccc3c4cccc5c6ccccc6n(c6ccccc6n2c13)c54. The maximum Gasteiger partial charge on any atom is 0.0703 e. The molecule has 0 spiro atoms. The summed E-state index contributed by atoms with van der Waals surface area (Å²) in [6.07, 6.45) is 0. The Bertz CT molecular complexity index is 1890. The Kier molecular flexibility index (Phi) is 2.91. The standard InChI is InChI=1S/C30H18N2/c1-3-15-25-19(9-1)21-11-7-13-23-24-14-8-12-22-20-10-2-4-16-26(20)32(30(22)24)28-18-6-5-17-27(28)31(25)29(21)23/h1-18H. The monoisotopic (exact) mass is 406 g/mol. The number of nitrogens with zero attached hydrogens (tertiary/aromatic N) is 2. The molecule has 0 N–H and O–H groups in total. The summed E-state index contributed by atoms with van der Waals surface area (Å²) in [4.78, 5) is 0. The van der Waals surface area contributed by atoms with Crippen molar-refractivity contribution in [2.24, 2.45) is 0 Å². The van der Waals surface area contributed by atoms with Crippen LogP contribution in [0, 0.1) is 0 Å². The van der Waals surface area contributed by atoms with E-state index in [1.54, 1.807) is 0 Å². The van der Waals surface area contributed by atoms with Crippen LogP contribution in [0.15, 0.2) is 109 Å². The van der Waals surface area contributed by atoms with Crippen LogP contribution in [0.4, 0.5) is 0 Å². The Hall–Kier alpha value is -4.30. The van der Waals surface area contributed by atoms with E-state index in [2.05, 4.69) is 118 Å². The molecule has 0 aliphatic rings. The lowest BCUT2D eigenvalue weighted by atomic mass is 10.0. The van der Waals surface area contributed by atoms with Crippen LogP contribution < -0.4 is 0 Å². The van der Waals surface area contributed by atoms with Crippen molar-refractivity contribution < 1.29 is 0 Å². The van der Waals surface area contributed by atoms with E-state index in [0.29, 0.717) is 0 Å². The first kappa shape index (κ1) is 16.4. The van der Waals surface area contributed by atoms with Crippen molar-refractivity contribution in [3.05, 3.63) is 109 Å². The third-order valence-corrected chi connectivity index (χ3v) is 7.04. The lowest BCUT2D eigenvalue weighted by Crippen LogP contribution is -1.94. The van der Waals surface area contributed by atoms with Gasteiger partial charge >= 0.3 is 0 Å². The molecule has 3 heterocycles. The number of rotatable bonds is 0. The second-order valence-corrected chi connectivity index (χ2v) is 8.60. The van der Waals surface area contributed by atoms with Gasteiger partial charge in [-0.05, 0) is 24.3 Å². The predicted molar refractivity (Wildman–Crippen MR) is 136 cm³/mol. The third-order valence-electron chi connectivity index (χ3n) is 7.04. The van der Waals surface area contributed by atoms with Gasteiger partial charge in [-0.2, -0.15) is 0 Å². The fraction of sp³-hybridized carbons (Fsp3) is 0. The Morgan fingerprint density at radius 3 is 1.03 bits per heavy atom. The summed E-state index contributed by atoms with van der Waals surface area (Å²) in [7, 11) is 0. The summed E-state index contributed by atoms with van der Waals surface area (Å²) in [6, 6.07) is 39.8. The van der Waals surface area contributed by atoms with E-state index in [9.17, 15) is 0 Å². The first-order valence-corrected chi connectivity index (χ1v) is 11.1. The summed E-state index contributed by atoms with van der Waals surface area (Å²) >= 11 is 0. The highest BCUT2D eigenvalue weighted by atomic mass is 15.0. The van der Waals surface area contributed by atoms with Crippen LogP contribution in [-0.2, 0) is 0 Å². The van der Waals surface area contributed by atoms with Crippen molar-refractivity contribution in [3.8, 4) is 0 Å². The maximum absolute atomic E-state index is 2.46. The summed E-state index contributed by atoms with van der Waals surface area (Å²) in [5.74, 6) is 0. The molecule has 0 amide bonds. The largest absolute Gasteiger partial charge is 0.307 e. The van der Waals surface area contributed by atoms with Gasteiger partial charge in [0.2, 0.25) is 0 Å². The molecule has 32 heavy (non-hydrogen) atoms. The highest BCUT2D eigenvalue weighted by molar-refractivity contribution is 6.25. The fourth-order valence-corrected chi connectivity index (χ4v) is 5.81. The van der Waals surface area contributed by atoms with E-state index < -0.39 is 0 Å². The molecule has 0 fully saturated rings. The van der Waals surface area contributed by atoms with Gasteiger partial charge in [-0.3, -0.25) is 0 Å². The number of hydrogen-bond acceptors (Lipinski definition) is 0. The Morgan fingerprint density at radius 2 is 0.594 bits per heavy atom. The average Bonchev–Trinajstić information content (AvgIpc) is 3.36. The van der Waals surface area contributed by atoms with Crippen LogP contribution >= 0.6 is 0 Å². The quantitative estimate of drug-likeness (QED) is 0.241. The molecule has 0 saturated heterocycles. The van der Waals surface area contributed by atoms with Gasteiger partial charge in [-0.25, -0.2) is 0 Å². The third kappa shape index (κ3) is 1.82. The lowest BCUT2D eigenvalue weighted by Gasteiger charge is -2.10. The minimum Gasteiger partial charge on any atom is -0.307 e. The van der Waals surface area contributed by atoms with Gasteiger partial charge in [-0.1, -0.05) is 84.9 Å². The number of benzene rings is 5.